The van der Waals surface area contributed by atoms with Crippen molar-refractivity contribution in [3.8, 4) is 0 Å². The zero-order chi connectivity index (χ0) is 14.5. The molecular formula is C16H16ClNO2. The highest BCUT2D eigenvalue weighted by molar-refractivity contribution is 6.30. The van der Waals surface area contributed by atoms with Crippen LogP contribution in [0.25, 0.3) is 0 Å². The van der Waals surface area contributed by atoms with Crippen LogP contribution in [0, 0.1) is 0 Å². The van der Waals surface area contributed by atoms with Crippen molar-refractivity contribution < 1.29 is 9.90 Å². The molecule has 2 aromatic carbocycles. The summed E-state index contributed by atoms with van der Waals surface area (Å²) in [7, 11) is 0. The molecule has 4 heteroatoms. The minimum Gasteiger partial charge on any atom is -0.478 e. The molecule has 0 aliphatic rings. The molecule has 0 fully saturated rings. The fourth-order valence-corrected chi connectivity index (χ4v) is 2.15. The molecule has 0 aromatic heterocycles. The summed E-state index contributed by atoms with van der Waals surface area (Å²) in [6.45, 7) is 2.10. The van der Waals surface area contributed by atoms with Gasteiger partial charge in [0.1, 0.15) is 0 Å². The summed E-state index contributed by atoms with van der Waals surface area (Å²) in [4.78, 5) is 10.8. The first kappa shape index (κ1) is 14.4. The first-order chi connectivity index (χ1) is 9.60. The maximum Gasteiger partial charge on any atom is 0.335 e. The van der Waals surface area contributed by atoms with Gasteiger partial charge in [-0.25, -0.2) is 4.79 Å². The van der Waals surface area contributed by atoms with E-state index in [1.807, 2.05) is 24.3 Å². The summed E-state index contributed by atoms with van der Waals surface area (Å²) in [5.74, 6) is -0.915. The number of benzene rings is 2. The smallest absolute Gasteiger partial charge is 0.335 e. The second-order valence-corrected chi connectivity index (χ2v) is 4.98. The number of nitrogens with one attached hydrogen (secondary N) is 1. The van der Waals surface area contributed by atoms with Crippen LogP contribution in [0.5, 0.6) is 0 Å². The van der Waals surface area contributed by atoms with Gasteiger partial charge < -0.3 is 10.4 Å². The van der Waals surface area contributed by atoms with Crippen LogP contribution in [0.3, 0.4) is 0 Å². The molecule has 3 nitrogen and oxygen atoms in total. The van der Waals surface area contributed by atoms with Crippen molar-refractivity contribution in [1.29, 1.82) is 0 Å². The second kappa shape index (κ2) is 6.44. The van der Waals surface area contributed by atoms with Crippen molar-refractivity contribution in [2.75, 3.05) is 5.32 Å². The van der Waals surface area contributed by atoms with Crippen molar-refractivity contribution in [1.82, 2.24) is 0 Å². The molecule has 0 saturated carbocycles. The maximum atomic E-state index is 10.8. The van der Waals surface area contributed by atoms with Gasteiger partial charge in [-0.3, -0.25) is 0 Å². The zero-order valence-corrected chi connectivity index (χ0v) is 11.9. The van der Waals surface area contributed by atoms with Gasteiger partial charge in [-0.1, -0.05) is 30.7 Å². The van der Waals surface area contributed by atoms with Crippen LogP contribution in [0.2, 0.25) is 5.02 Å². The Morgan fingerprint density at radius 3 is 2.25 bits per heavy atom. The van der Waals surface area contributed by atoms with Gasteiger partial charge in [0.15, 0.2) is 0 Å². The predicted molar refractivity (Wildman–Crippen MR) is 81.5 cm³/mol. The Labute approximate surface area is 123 Å². The van der Waals surface area contributed by atoms with Gasteiger partial charge in [0.05, 0.1) is 11.6 Å². The van der Waals surface area contributed by atoms with E-state index in [1.165, 1.54) is 0 Å². The number of hydrogen-bond donors (Lipinski definition) is 2. The average molecular weight is 290 g/mol. The normalized spacial score (nSPS) is 11.9. The first-order valence-corrected chi connectivity index (χ1v) is 6.83. The number of aromatic carboxylic acids is 1. The van der Waals surface area contributed by atoms with E-state index in [-0.39, 0.29) is 11.6 Å². The lowest BCUT2D eigenvalue weighted by Gasteiger charge is -2.19. The number of halogens is 1. The van der Waals surface area contributed by atoms with E-state index in [4.69, 9.17) is 16.7 Å². The predicted octanol–water partition coefficient (Wildman–Crippen LogP) is 4.60. The average Bonchev–Trinajstić information content (AvgIpc) is 2.46. The summed E-state index contributed by atoms with van der Waals surface area (Å²) in [6.07, 6.45) is 0.919. The number of hydrogen-bond acceptors (Lipinski definition) is 2. The van der Waals surface area contributed by atoms with Gasteiger partial charge in [-0.05, 0) is 48.4 Å². The number of carboxylic acids is 1. The topological polar surface area (TPSA) is 49.3 Å². The van der Waals surface area contributed by atoms with E-state index in [1.54, 1.807) is 24.3 Å². The fraction of sp³-hybridized carbons (Fsp3) is 0.188. The fourth-order valence-electron chi connectivity index (χ4n) is 2.03. The molecule has 0 saturated heterocycles. The first-order valence-electron chi connectivity index (χ1n) is 6.45. The highest BCUT2D eigenvalue weighted by Crippen LogP contribution is 2.24. The molecule has 0 heterocycles. The van der Waals surface area contributed by atoms with Crippen LogP contribution in [0.4, 0.5) is 5.69 Å². The van der Waals surface area contributed by atoms with Gasteiger partial charge in [0, 0.05) is 10.7 Å². The lowest BCUT2D eigenvalue weighted by Crippen LogP contribution is -2.09. The van der Waals surface area contributed by atoms with Gasteiger partial charge in [0.2, 0.25) is 0 Å². The third kappa shape index (κ3) is 3.52. The Balaban J connectivity index is 2.13. The summed E-state index contributed by atoms with van der Waals surface area (Å²) >= 11 is 5.89. The Bertz CT molecular complexity index is 578. The molecule has 20 heavy (non-hydrogen) atoms. The number of rotatable bonds is 5. The molecule has 0 bridgehead atoms. The van der Waals surface area contributed by atoms with E-state index in [2.05, 4.69) is 12.2 Å². The van der Waals surface area contributed by atoms with E-state index in [0.717, 1.165) is 22.7 Å². The summed E-state index contributed by atoms with van der Waals surface area (Å²) in [5.41, 5.74) is 2.34. The van der Waals surface area contributed by atoms with E-state index in [9.17, 15) is 4.79 Å². The van der Waals surface area contributed by atoms with Gasteiger partial charge in [-0.2, -0.15) is 0 Å². The lowest BCUT2D eigenvalue weighted by molar-refractivity contribution is 0.0697. The molecule has 2 aromatic rings. The monoisotopic (exact) mass is 289 g/mol. The van der Waals surface area contributed by atoms with Crippen LogP contribution in [0.15, 0.2) is 48.5 Å². The van der Waals surface area contributed by atoms with Crippen LogP contribution in [0.1, 0.15) is 35.3 Å². The Hall–Kier alpha value is -2.00. The third-order valence-electron chi connectivity index (χ3n) is 3.15. The highest BCUT2D eigenvalue weighted by atomic mass is 35.5. The van der Waals surface area contributed by atoms with Gasteiger partial charge in [-0.15, -0.1) is 0 Å². The Morgan fingerprint density at radius 2 is 1.75 bits per heavy atom. The quantitative estimate of drug-likeness (QED) is 0.845. The molecule has 0 spiro atoms. The molecule has 0 amide bonds. The number of carbonyl (C=O) groups is 1. The highest BCUT2D eigenvalue weighted by Gasteiger charge is 2.09. The molecule has 2 rings (SSSR count). The van der Waals surface area contributed by atoms with Crippen molar-refractivity contribution in [3.05, 3.63) is 64.7 Å². The number of anilines is 1. The molecule has 2 N–H and O–H groups in total. The summed E-state index contributed by atoms with van der Waals surface area (Å²) in [5, 5.41) is 13.0. The lowest BCUT2D eigenvalue weighted by atomic mass is 10.0. The standard InChI is InChI=1S/C16H16ClNO2/c1-2-15(11-3-7-13(17)8-4-11)18-14-9-5-12(6-10-14)16(19)20/h3-10,15,18H,2H2,1H3,(H,19,20). The van der Waals surface area contributed by atoms with Gasteiger partial charge >= 0.3 is 5.97 Å². The van der Waals surface area contributed by atoms with Crippen molar-refractivity contribution in [2.45, 2.75) is 19.4 Å². The van der Waals surface area contributed by atoms with Crippen LogP contribution in [-0.4, -0.2) is 11.1 Å². The summed E-state index contributed by atoms with van der Waals surface area (Å²) < 4.78 is 0. The molecule has 0 aliphatic carbocycles. The zero-order valence-electron chi connectivity index (χ0n) is 11.1. The third-order valence-corrected chi connectivity index (χ3v) is 3.41. The van der Waals surface area contributed by atoms with Crippen LogP contribution >= 0.6 is 11.6 Å². The minimum absolute atomic E-state index is 0.169. The van der Waals surface area contributed by atoms with Gasteiger partial charge in [0.25, 0.3) is 0 Å². The molecule has 0 radical (unpaired) electrons. The van der Waals surface area contributed by atoms with E-state index < -0.39 is 5.97 Å². The molecule has 0 aliphatic heterocycles. The SMILES string of the molecule is CCC(Nc1ccc(C(=O)O)cc1)c1ccc(Cl)cc1. The molecular weight excluding hydrogens is 274 g/mol. The summed E-state index contributed by atoms with van der Waals surface area (Å²) in [6, 6.07) is 14.7. The second-order valence-electron chi connectivity index (χ2n) is 4.54. The molecule has 1 atom stereocenters. The Morgan fingerprint density at radius 1 is 1.15 bits per heavy atom. The largest absolute Gasteiger partial charge is 0.478 e. The van der Waals surface area contributed by atoms with Crippen LogP contribution in [-0.2, 0) is 0 Å². The van der Waals surface area contributed by atoms with E-state index >= 15 is 0 Å². The van der Waals surface area contributed by atoms with Crippen molar-refractivity contribution in [3.63, 3.8) is 0 Å². The molecule has 1 unspecified atom stereocenters. The molecule has 104 valence electrons. The van der Waals surface area contributed by atoms with E-state index in [0.29, 0.717) is 0 Å². The van der Waals surface area contributed by atoms with Crippen LogP contribution < -0.4 is 5.32 Å². The number of carboxylic acid groups (broad SMARTS) is 1. The Kier molecular flexibility index (Phi) is 4.64. The van der Waals surface area contributed by atoms with Crippen molar-refractivity contribution >= 4 is 23.3 Å². The maximum absolute atomic E-state index is 10.8. The van der Waals surface area contributed by atoms with Crippen molar-refractivity contribution in [2.24, 2.45) is 0 Å². The minimum atomic E-state index is -0.915.